The monoisotopic (exact) mass is 580 g/mol. The first kappa shape index (κ1) is 29.2. The van der Waals surface area contributed by atoms with E-state index in [4.69, 9.17) is 24.7 Å². The van der Waals surface area contributed by atoms with Crippen LogP contribution >= 0.6 is 0 Å². The zero-order valence-corrected chi connectivity index (χ0v) is 25.2. The topological polar surface area (TPSA) is 169 Å². The van der Waals surface area contributed by atoms with Gasteiger partial charge in [-0.3, -0.25) is 0 Å². The van der Waals surface area contributed by atoms with Crippen LogP contribution in [0.3, 0.4) is 0 Å². The first-order valence-electron chi connectivity index (χ1n) is 12.5. The zero-order chi connectivity index (χ0) is 29.0. The fraction of sp³-hybridized carbons (Fsp3) is 0.625. The molecular weight excluding hydrogens is 544 g/mol. The van der Waals surface area contributed by atoms with Gasteiger partial charge in [0.1, 0.15) is 49.8 Å². The maximum absolute atomic E-state index is 12.5. The summed E-state index contributed by atoms with van der Waals surface area (Å²) >= 11 is 0. The summed E-state index contributed by atoms with van der Waals surface area (Å²) in [5.41, 5.74) is 9.87. The van der Waals surface area contributed by atoms with Gasteiger partial charge in [-0.05, 0) is 34.6 Å². The van der Waals surface area contributed by atoms with E-state index in [9.17, 15) is 13.2 Å². The van der Waals surface area contributed by atoms with Gasteiger partial charge in [-0.1, -0.05) is 25.6 Å². The molecule has 4 atom stereocenters. The molecule has 0 bridgehead atoms. The Bertz CT molecular complexity index is 1430. The molecule has 13 nitrogen and oxygen atoms in total. The van der Waals surface area contributed by atoms with Gasteiger partial charge in [0.2, 0.25) is 0 Å². The summed E-state index contributed by atoms with van der Waals surface area (Å²) in [5, 5.41) is 0.604. The van der Waals surface area contributed by atoms with E-state index >= 15 is 0 Å². The van der Waals surface area contributed by atoms with Crippen molar-refractivity contribution in [3.8, 4) is 11.5 Å². The molecule has 39 heavy (non-hydrogen) atoms. The fourth-order valence-electron chi connectivity index (χ4n) is 4.34. The minimum absolute atomic E-state index is 0.201. The average Bonchev–Trinajstić information content (AvgIpc) is 3.37. The highest BCUT2D eigenvalue weighted by Gasteiger charge is 2.56. The van der Waals surface area contributed by atoms with Crippen LogP contribution in [-0.4, -0.2) is 73.4 Å². The summed E-state index contributed by atoms with van der Waals surface area (Å²) in [6.07, 6.45) is -0.645. The lowest BCUT2D eigenvalue weighted by atomic mass is 10.1. The molecule has 2 aliphatic rings. The summed E-state index contributed by atoms with van der Waals surface area (Å²) in [6, 6.07) is 0. The third kappa shape index (κ3) is 6.89. The van der Waals surface area contributed by atoms with Crippen LogP contribution in [0.1, 0.15) is 46.4 Å². The number of nitrogens with one attached hydrogen (secondary N) is 2. The Morgan fingerprint density at radius 1 is 1.23 bits per heavy atom. The van der Waals surface area contributed by atoms with E-state index in [1.54, 1.807) is 45.4 Å². The molecule has 0 saturated carbocycles. The van der Waals surface area contributed by atoms with E-state index in [0.717, 1.165) is 0 Å². The van der Waals surface area contributed by atoms with Crippen LogP contribution in [0.2, 0.25) is 19.6 Å². The second-order valence-electron chi connectivity index (χ2n) is 12.0. The van der Waals surface area contributed by atoms with Crippen LogP contribution in [0.15, 0.2) is 12.5 Å². The minimum atomic E-state index is -4.25. The largest absolute Gasteiger partial charge is 0.443 e. The number of nitrogens with two attached hydrogens (primary N) is 1. The lowest BCUT2D eigenvalue weighted by molar-refractivity contribution is -0.195. The summed E-state index contributed by atoms with van der Waals surface area (Å²) in [7, 11) is -5.95. The van der Waals surface area contributed by atoms with Crippen molar-refractivity contribution in [3.63, 3.8) is 0 Å². The number of aromatic nitrogens is 3. The molecule has 0 radical (unpaired) electrons. The van der Waals surface area contributed by atoms with Crippen LogP contribution < -0.4 is 15.2 Å². The molecule has 2 aromatic heterocycles. The van der Waals surface area contributed by atoms with Gasteiger partial charge in [0.15, 0.2) is 12.0 Å². The highest BCUT2D eigenvalue weighted by Crippen LogP contribution is 2.44. The Kier molecular flexibility index (Phi) is 7.51. The third-order valence-electron chi connectivity index (χ3n) is 5.70. The molecule has 4 rings (SSSR count). The van der Waals surface area contributed by atoms with Gasteiger partial charge < -0.3 is 29.2 Å². The molecule has 2 aromatic rings. The number of anilines is 1. The van der Waals surface area contributed by atoms with E-state index in [1.807, 2.05) is 4.72 Å². The number of ether oxygens (including phenoxy) is 4. The van der Waals surface area contributed by atoms with Crippen molar-refractivity contribution in [2.45, 2.75) is 90.2 Å². The van der Waals surface area contributed by atoms with Gasteiger partial charge in [-0.15, -0.1) is 5.54 Å². The Morgan fingerprint density at radius 3 is 2.54 bits per heavy atom. The molecule has 2 saturated heterocycles. The molecule has 0 spiro atoms. The predicted octanol–water partition coefficient (Wildman–Crippen LogP) is 2.02. The van der Waals surface area contributed by atoms with Gasteiger partial charge in [0.25, 0.3) is 0 Å². The Hall–Kier alpha value is -2.74. The van der Waals surface area contributed by atoms with Crippen molar-refractivity contribution in [1.29, 1.82) is 0 Å². The van der Waals surface area contributed by atoms with Crippen molar-refractivity contribution in [3.05, 3.63) is 18.1 Å². The number of nitrogen functional groups attached to an aromatic ring is 1. The first-order valence-corrected chi connectivity index (χ1v) is 17.5. The number of nitrogens with zero attached hydrogens (tertiary/aromatic N) is 3. The van der Waals surface area contributed by atoms with Crippen molar-refractivity contribution in [2.24, 2.45) is 0 Å². The fourth-order valence-corrected chi connectivity index (χ4v) is 5.56. The number of amides is 1. The van der Waals surface area contributed by atoms with Crippen LogP contribution in [0, 0.1) is 11.5 Å². The lowest BCUT2D eigenvalue weighted by Gasteiger charge is -2.25. The third-order valence-corrected chi connectivity index (χ3v) is 7.56. The zero-order valence-electron chi connectivity index (χ0n) is 23.4. The van der Waals surface area contributed by atoms with Crippen LogP contribution in [0.25, 0.3) is 11.0 Å². The van der Waals surface area contributed by atoms with Gasteiger partial charge in [0, 0.05) is 12.7 Å². The minimum Gasteiger partial charge on any atom is -0.443 e. The van der Waals surface area contributed by atoms with Crippen LogP contribution in [0.4, 0.5) is 10.6 Å². The standard InChI is InChI=1S/C24H36N6O7SSi/c1-23(2,3)37-22(31)29-38(32,33)28-11-15-17-18(36-24(4,5)35-17)21(34-15)30-12-14(9-10-39(6,7)8)16-19(25)26-13-27-20(16)30/h12-13,15,17-18,21,28H,11H2,1-8H3,(H,29,31)(H2,25,26,27)/t15-,17-,18-,21-/m1/s1. The Morgan fingerprint density at radius 2 is 1.90 bits per heavy atom. The number of hydrogen-bond donors (Lipinski definition) is 3. The Balaban J connectivity index is 1.62. The summed E-state index contributed by atoms with van der Waals surface area (Å²) in [6.45, 7) is 14.6. The van der Waals surface area contributed by atoms with Crippen molar-refractivity contribution < 1.29 is 32.2 Å². The number of rotatable bonds is 5. The number of carbonyl (C=O) groups excluding carboxylic acids is 1. The lowest BCUT2D eigenvalue weighted by Crippen LogP contribution is -2.47. The molecule has 0 unspecified atom stereocenters. The normalized spacial score (nSPS) is 24.7. The SMILES string of the molecule is CC(C)(C)OC(=O)NS(=O)(=O)NC[C@H]1O[C@@H](n2cc(C#C[Si](C)(C)C)c3c(N)ncnc32)[C@@H]2OC(C)(C)O[C@@H]21. The molecule has 0 aliphatic carbocycles. The van der Waals surface area contributed by atoms with Gasteiger partial charge >= 0.3 is 16.3 Å². The van der Waals surface area contributed by atoms with E-state index in [1.165, 1.54) is 6.33 Å². The quantitative estimate of drug-likeness (QED) is 0.351. The second-order valence-corrected chi connectivity index (χ2v) is 18.2. The van der Waals surface area contributed by atoms with Crippen LogP contribution in [0.5, 0.6) is 0 Å². The summed E-state index contributed by atoms with van der Waals surface area (Å²) in [4.78, 5) is 20.6. The van der Waals surface area contributed by atoms with Gasteiger partial charge in [-0.2, -0.15) is 13.1 Å². The number of hydrogen-bond acceptors (Lipinski definition) is 10. The van der Waals surface area contributed by atoms with Gasteiger partial charge in [-0.25, -0.2) is 19.5 Å². The Labute approximate surface area is 229 Å². The van der Waals surface area contributed by atoms with E-state index < -0.39 is 60.3 Å². The van der Waals surface area contributed by atoms with Gasteiger partial charge in [0.05, 0.1) is 10.9 Å². The van der Waals surface area contributed by atoms with E-state index in [2.05, 4.69) is 45.8 Å². The van der Waals surface area contributed by atoms with Crippen molar-refractivity contribution in [2.75, 3.05) is 12.3 Å². The molecule has 0 aromatic carbocycles. The van der Waals surface area contributed by atoms with Crippen molar-refractivity contribution >= 4 is 41.2 Å². The van der Waals surface area contributed by atoms with E-state index in [0.29, 0.717) is 16.6 Å². The maximum Gasteiger partial charge on any atom is 0.422 e. The summed E-state index contributed by atoms with van der Waals surface area (Å²) < 4.78 is 54.6. The number of fused-ring (bicyclic) bond motifs is 2. The molecule has 15 heteroatoms. The molecule has 4 N–H and O–H groups in total. The van der Waals surface area contributed by atoms with Crippen molar-refractivity contribution in [1.82, 2.24) is 24.0 Å². The van der Waals surface area contributed by atoms with E-state index in [-0.39, 0.29) is 12.4 Å². The number of carbonyl (C=O) groups is 1. The molecule has 2 fully saturated rings. The smallest absolute Gasteiger partial charge is 0.422 e. The maximum atomic E-state index is 12.5. The summed E-state index contributed by atoms with van der Waals surface area (Å²) in [5.74, 6) is 2.58. The average molecular weight is 581 g/mol. The first-order chi connectivity index (χ1) is 17.8. The highest BCUT2D eigenvalue weighted by molar-refractivity contribution is 7.88. The second kappa shape index (κ2) is 10.0. The molecule has 214 valence electrons. The predicted molar refractivity (Wildman–Crippen MR) is 146 cm³/mol. The molecule has 4 heterocycles. The highest BCUT2D eigenvalue weighted by atomic mass is 32.2. The van der Waals surface area contributed by atoms with Crippen LogP contribution in [-0.2, 0) is 29.2 Å². The molecule has 1 amide bonds. The molecular formula is C24H36N6O7SSi. The molecule has 2 aliphatic heterocycles.